The molecule has 19 heavy (non-hydrogen) atoms. The van der Waals surface area contributed by atoms with Gasteiger partial charge in [0.1, 0.15) is 5.69 Å². The van der Waals surface area contributed by atoms with E-state index in [1.54, 1.807) is 31.4 Å². The van der Waals surface area contributed by atoms with E-state index in [9.17, 15) is 4.79 Å². The smallest absolute Gasteiger partial charge is 0.273 e. The predicted molar refractivity (Wildman–Crippen MR) is 73.5 cm³/mol. The van der Waals surface area contributed by atoms with E-state index in [0.717, 1.165) is 5.56 Å². The Bertz CT molecular complexity index is 631. The lowest BCUT2D eigenvalue weighted by Crippen LogP contribution is -2.15. The highest BCUT2D eigenvalue weighted by Crippen LogP contribution is 2.10. The summed E-state index contributed by atoms with van der Waals surface area (Å²) in [6, 6.07) is 8.93. The normalized spacial score (nSPS) is 9.58. The monoisotopic (exact) mass is 254 g/mol. The third-order valence-electron chi connectivity index (χ3n) is 2.53. The maximum atomic E-state index is 11.9. The van der Waals surface area contributed by atoms with E-state index in [-0.39, 0.29) is 5.91 Å². The van der Waals surface area contributed by atoms with E-state index < -0.39 is 0 Å². The van der Waals surface area contributed by atoms with Crippen molar-refractivity contribution in [3.63, 3.8) is 0 Å². The number of rotatable bonds is 2. The van der Waals surface area contributed by atoms with Gasteiger partial charge in [0.25, 0.3) is 5.91 Å². The topological polar surface area (TPSA) is 72.9 Å². The fraction of sp³-hybridized carbons (Fsp3) is 0.143. The maximum absolute atomic E-state index is 11.9. The van der Waals surface area contributed by atoms with Crippen molar-refractivity contribution in [2.45, 2.75) is 0 Å². The summed E-state index contributed by atoms with van der Waals surface area (Å²) in [7, 11) is 1.72. The summed E-state index contributed by atoms with van der Waals surface area (Å²) >= 11 is 0. The first-order chi connectivity index (χ1) is 9.20. The largest absolute Gasteiger partial charge is 0.321 e. The van der Waals surface area contributed by atoms with E-state index >= 15 is 0 Å². The molecule has 0 atom stereocenters. The zero-order valence-corrected chi connectivity index (χ0v) is 10.6. The van der Waals surface area contributed by atoms with Crippen LogP contribution in [-0.2, 0) is 7.05 Å². The van der Waals surface area contributed by atoms with Crippen LogP contribution < -0.4 is 11.1 Å². The van der Waals surface area contributed by atoms with Gasteiger partial charge in [-0.25, -0.2) is 0 Å². The molecule has 1 aromatic carbocycles. The van der Waals surface area contributed by atoms with Crippen LogP contribution in [0.4, 0.5) is 5.69 Å². The first-order valence-electron chi connectivity index (χ1n) is 5.79. The molecule has 1 amide bonds. The van der Waals surface area contributed by atoms with Crippen molar-refractivity contribution in [3.05, 3.63) is 47.8 Å². The van der Waals surface area contributed by atoms with Crippen LogP contribution in [0.3, 0.4) is 0 Å². The number of nitrogens with two attached hydrogens (primary N) is 1. The Morgan fingerprint density at radius 2 is 2.11 bits per heavy atom. The molecule has 0 radical (unpaired) electrons. The Kier molecular flexibility index (Phi) is 3.96. The number of hydrogen-bond donors (Lipinski definition) is 2. The van der Waals surface area contributed by atoms with Crippen LogP contribution in [0.2, 0.25) is 0 Å². The molecule has 0 saturated heterocycles. The van der Waals surface area contributed by atoms with Gasteiger partial charge in [0.2, 0.25) is 0 Å². The number of hydrogen-bond acceptors (Lipinski definition) is 3. The van der Waals surface area contributed by atoms with Gasteiger partial charge in [-0.3, -0.25) is 9.48 Å². The average molecular weight is 254 g/mol. The second kappa shape index (κ2) is 5.85. The molecule has 0 fully saturated rings. The highest BCUT2D eigenvalue weighted by atomic mass is 16.2. The van der Waals surface area contributed by atoms with Crippen LogP contribution >= 0.6 is 0 Å². The lowest BCUT2D eigenvalue weighted by atomic mass is 10.2. The summed E-state index contributed by atoms with van der Waals surface area (Å²) in [5.41, 5.74) is 7.39. The molecule has 3 N–H and O–H groups in total. The SMILES string of the molecule is Cn1nccc1C(=O)Nc1ccc(C#CCN)cc1. The number of nitrogens with zero attached hydrogens (tertiary/aromatic N) is 2. The van der Waals surface area contributed by atoms with Gasteiger partial charge in [-0.1, -0.05) is 11.8 Å². The zero-order chi connectivity index (χ0) is 13.7. The molecule has 96 valence electrons. The van der Waals surface area contributed by atoms with E-state index in [1.807, 2.05) is 12.1 Å². The number of amides is 1. The number of carbonyl (C=O) groups excluding carboxylic acids is 1. The molecule has 0 spiro atoms. The van der Waals surface area contributed by atoms with Gasteiger partial charge < -0.3 is 11.1 Å². The second-order valence-electron chi connectivity index (χ2n) is 3.88. The Balaban J connectivity index is 2.08. The number of carbonyl (C=O) groups is 1. The molecule has 0 bridgehead atoms. The van der Waals surface area contributed by atoms with Gasteiger partial charge in [-0.05, 0) is 30.3 Å². The first-order valence-corrected chi connectivity index (χ1v) is 5.79. The van der Waals surface area contributed by atoms with Gasteiger partial charge in [0, 0.05) is 24.5 Å². The van der Waals surface area contributed by atoms with E-state index in [0.29, 0.717) is 17.9 Å². The second-order valence-corrected chi connectivity index (χ2v) is 3.88. The minimum Gasteiger partial charge on any atom is -0.321 e. The van der Waals surface area contributed by atoms with Gasteiger partial charge in [-0.2, -0.15) is 5.10 Å². The molecule has 5 heteroatoms. The molecule has 0 saturated carbocycles. The quantitative estimate of drug-likeness (QED) is 0.785. The lowest BCUT2D eigenvalue weighted by Gasteiger charge is -2.05. The fourth-order valence-corrected chi connectivity index (χ4v) is 1.58. The van der Waals surface area contributed by atoms with Crippen LogP contribution in [-0.4, -0.2) is 22.2 Å². The summed E-state index contributed by atoms with van der Waals surface area (Å²) in [5, 5.41) is 6.75. The van der Waals surface area contributed by atoms with Gasteiger partial charge in [0.05, 0.1) is 6.54 Å². The van der Waals surface area contributed by atoms with Crippen molar-refractivity contribution < 1.29 is 4.79 Å². The molecule has 1 heterocycles. The summed E-state index contributed by atoms with van der Waals surface area (Å²) in [6.07, 6.45) is 1.58. The van der Waals surface area contributed by atoms with E-state index in [4.69, 9.17) is 5.73 Å². The average Bonchev–Trinajstić information content (AvgIpc) is 2.84. The van der Waals surface area contributed by atoms with Gasteiger partial charge in [-0.15, -0.1) is 0 Å². The Labute approximate surface area is 111 Å². The predicted octanol–water partition coefficient (Wildman–Crippen LogP) is 0.983. The van der Waals surface area contributed by atoms with Crippen molar-refractivity contribution >= 4 is 11.6 Å². The van der Waals surface area contributed by atoms with Crippen molar-refractivity contribution in [1.29, 1.82) is 0 Å². The highest BCUT2D eigenvalue weighted by molar-refractivity contribution is 6.02. The summed E-state index contributed by atoms with van der Waals surface area (Å²) < 4.78 is 1.52. The number of nitrogens with one attached hydrogen (secondary N) is 1. The van der Waals surface area contributed by atoms with Crippen LogP contribution in [0, 0.1) is 11.8 Å². The zero-order valence-electron chi connectivity index (χ0n) is 10.6. The van der Waals surface area contributed by atoms with Crippen molar-refractivity contribution in [1.82, 2.24) is 9.78 Å². The number of aryl methyl sites for hydroxylation is 1. The third kappa shape index (κ3) is 3.21. The lowest BCUT2D eigenvalue weighted by molar-refractivity contribution is 0.101. The molecular weight excluding hydrogens is 240 g/mol. The number of aromatic nitrogens is 2. The molecule has 5 nitrogen and oxygen atoms in total. The fourth-order valence-electron chi connectivity index (χ4n) is 1.58. The Hall–Kier alpha value is -2.58. The number of anilines is 1. The minimum atomic E-state index is -0.194. The van der Waals surface area contributed by atoms with Crippen molar-refractivity contribution in [2.24, 2.45) is 12.8 Å². The van der Waals surface area contributed by atoms with E-state index in [1.165, 1.54) is 4.68 Å². The highest BCUT2D eigenvalue weighted by Gasteiger charge is 2.09. The molecular formula is C14H14N4O. The van der Waals surface area contributed by atoms with Crippen LogP contribution in [0.25, 0.3) is 0 Å². The standard InChI is InChI=1S/C14H14N4O/c1-18-13(8-10-16-18)14(19)17-12-6-4-11(5-7-12)3-2-9-15/h4-8,10H,9,15H2,1H3,(H,17,19). The van der Waals surface area contributed by atoms with Crippen LogP contribution in [0.5, 0.6) is 0 Å². The maximum Gasteiger partial charge on any atom is 0.273 e. The van der Waals surface area contributed by atoms with Crippen LogP contribution in [0.1, 0.15) is 16.1 Å². The molecule has 1 aromatic heterocycles. The molecule has 0 aliphatic carbocycles. The van der Waals surface area contributed by atoms with Crippen LogP contribution in [0.15, 0.2) is 36.5 Å². The van der Waals surface area contributed by atoms with Gasteiger partial charge >= 0.3 is 0 Å². The Morgan fingerprint density at radius 3 is 2.68 bits per heavy atom. The van der Waals surface area contributed by atoms with E-state index in [2.05, 4.69) is 22.3 Å². The summed E-state index contributed by atoms with van der Waals surface area (Å²) in [5.74, 6) is 5.50. The molecule has 0 aliphatic heterocycles. The Morgan fingerprint density at radius 1 is 1.37 bits per heavy atom. The molecule has 0 aliphatic rings. The number of benzene rings is 1. The van der Waals surface area contributed by atoms with Crippen molar-refractivity contribution in [3.8, 4) is 11.8 Å². The molecule has 2 aromatic rings. The van der Waals surface area contributed by atoms with Crippen molar-refractivity contribution in [2.75, 3.05) is 11.9 Å². The third-order valence-corrected chi connectivity index (χ3v) is 2.53. The minimum absolute atomic E-state index is 0.194. The first kappa shape index (κ1) is 12.9. The summed E-state index contributed by atoms with van der Waals surface area (Å²) in [6.45, 7) is 0.332. The molecule has 2 rings (SSSR count). The molecule has 0 unspecified atom stereocenters. The van der Waals surface area contributed by atoms with Gasteiger partial charge in [0.15, 0.2) is 0 Å². The summed E-state index contributed by atoms with van der Waals surface area (Å²) in [4.78, 5) is 11.9.